The van der Waals surface area contributed by atoms with Gasteiger partial charge >= 0.3 is 0 Å². The summed E-state index contributed by atoms with van der Waals surface area (Å²) in [7, 11) is -3.07. The van der Waals surface area contributed by atoms with E-state index in [0.29, 0.717) is 19.0 Å². The molecule has 1 saturated heterocycles. The van der Waals surface area contributed by atoms with Crippen molar-refractivity contribution in [2.75, 3.05) is 32.4 Å². The van der Waals surface area contributed by atoms with Gasteiger partial charge in [-0.3, -0.25) is 4.90 Å². The highest BCUT2D eigenvalue weighted by atomic mass is 32.2. The fourth-order valence-electron chi connectivity index (χ4n) is 2.40. The Kier molecular flexibility index (Phi) is 5.11. The van der Waals surface area contributed by atoms with E-state index in [-0.39, 0.29) is 0 Å². The lowest BCUT2D eigenvalue weighted by Crippen LogP contribution is -2.34. The van der Waals surface area contributed by atoms with Crippen molar-refractivity contribution in [3.05, 3.63) is 10.6 Å². The van der Waals surface area contributed by atoms with Crippen LogP contribution in [0.25, 0.3) is 0 Å². The minimum absolute atomic E-state index is 0.378. The summed E-state index contributed by atoms with van der Waals surface area (Å²) in [6.07, 6.45) is 2.16. The normalized spacial score (nSPS) is 19.4. The monoisotopic (exact) mass is 318 g/mol. The summed E-state index contributed by atoms with van der Waals surface area (Å²) in [6.45, 7) is 7.93. The third kappa shape index (κ3) is 3.97. The number of aromatic nitrogens is 2. The molecule has 114 valence electrons. The molecule has 0 aliphatic carbocycles. The third-order valence-corrected chi connectivity index (χ3v) is 5.54. The minimum Gasteiger partial charge on any atom is -0.297 e. The summed E-state index contributed by atoms with van der Waals surface area (Å²) in [4.78, 5) is 3.50. The molecule has 6 nitrogen and oxygen atoms in total. The Balaban J connectivity index is 1.99. The number of hydrogen-bond donors (Lipinski definition) is 0. The minimum atomic E-state index is -3.07. The fraction of sp³-hybridized carbons (Fsp3) is 0.833. The van der Waals surface area contributed by atoms with Gasteiger partial charge in [0.1, 0.15) is 0 Å². The van der Waals surface area contributed by atoms with E-state index >= 15 is 0 Å². The molecule has 0 spiro atoms. The van der Waals surface area contributed by atoms with Crippen molar-refractivity contribution in [3.63, 3.8) is 0 Å². The zero-order valence-electron chi connectivity index (χ0n) is 12.2. The van der Waals surface area contributed by atoms with Crippen molar-refractivity contribution in [1.29, 1.82) is 0 Å². The largest absolute Gasteiger partial charge is 0.297 e. The Hall–Kier alpha value is -0.570. The predicted octanol–water partition coefficient (Wildman–Crippen LogP) is 1.13. The van der Waals surface area contributed by atoms with Crippen molar-refractivity contribution >= 4 is 21.6 Å². The molecule has 0 bridgehead atoms. The molecular weight excluding hydrogens is 296 g/mol. The van der Waals surface area contributed by atoms with E-state index in [1.165, 1.54) is 22.7 Å². The van der Waals surface area contributed by atoms with Gasteiger partial charge in [0, 0.05) is 26.2 Å². The number of rotatable bonds is 4. The van der Waals surface area contributed by atoms with Gasteiger partial charge in [-0.05, 0) is 30.4 Å². The molecule has 0 N–H and O–H groups in total. The zero-order valence-corrected chi connectivity index (χ0v) is 13.9. The van der Waals surface area contributed by atoms with Crippen LogP contribution in [-0.2, 0) is 16.6 Å². The van der Waals surface area contributed by atoms with E-state index in [4.69, 9.17) is 0 Å². The van der Waals surface area contributed by atoms with Gasteiger partial charge in [-0.1, -0.05) is 18.3 Å². The van der Waals surface area contributed by atoms with Crippen molar-refractivity contribution in [2.24, 2.45) is 0 Å². The van der Waals surface area contributed by atoms with E-state index in [1.807, 2.05) is 0 Å². The maximum Gasteiger partial charge on any atom is 0.211 e. The van der Waals surface area contributed by atoms with Crippen LogP contribution in [0.2, 0.25) is 0 Å². The molecule has 8 heteroatoms. The summed E-state index contributed by atoms with van der Waals surface area (Å²) >= 11 is 1.45. The van der Waals surface area contributed by atoms with E-state index < -0.39 is 10.0 Å². The van der Waals surface area contributed by atoms with Gasteiger partial charge in [0.25, 0.3) is 0 Å². The zero-order chi connectivity index (χ0) is 14.8. The molecule has 1 aliphatic rings. The lowest BCUT2D eigenvalue weighted by atomic mass is 10.1. The quantitative estimate of drug-likeness (QED) is 0.832. The van der Waals surface area contributed by atoms with Crippen LogP contribution < -0.4 is 0 Å². The van der Waals surface area contributed by atoms with Crippen LogP contribution in [0, 0.1) is 0 Å². The SMILES string of the molecule is CC(C)c1nnsc1CN1CCCN(S(C)(=O)=O)CC1. The Morgan fingerprint density at radius 1 is 1.25 bits per heavy atom. The van der Waals surface area contributed by atoms with Crippen molar-refractivity contribution in [1.82, 2.24) is 18.8 Å². The van der Waals surface area contributed by atoms with Gasteiger partial charge in [0.15, 0.2) is 0 Å². The molecule has 1 fully saturated rings. The molecule has 2 rings (SSSR count). The fourth-order valence-corrected chi connectivity index (χ4v) is 4.12. The van der Waals surface area contributed by atoms with E-state index in [9.17, 15) is 8.42 Å². The molecule has 1 aromatic heterocycles. The molecule has 0 unspecified atom stereocenters. The predicted molar refractivity (Wildman–Crippen MR) is 80.3 cm³/mol. The highest BCUT2D eigenvalue weighted by molar-refractivity contribution is 7.88. The Morgan fingerprint density at radius 3 is 2.65 bits per heavy atom. The van der Waals surface area contributed by atoms with Crippen molar-refractivity contribution < 1.29 is 8.42 Å². The number of sulfonamides is 1. The summed E-state index contributed by atoms with van der Waals surface area (Å²) in [6, 6.07) is 0. The van der Waals surface area contributed by atoms with E-state index in [1.54, 1.807) is 4.31 Å². The average molecular weight is 318 g/mol. The second kappa shape index (κ2) is 6.46. The molecule has 1 aliphatic heterocycles. The molecule has 20 heavy (non-hydrogen) atoms. The van der Waals surface area contributed by atoms with E-state index in [2.05, 4.69) is 28.3 Å². The van der Waals surface area contributed by atoms with Crippen LogP contribution in [0.4, 0.5) is 0 Å². The van der Waals surface area contributed by atoms with Gasteiger partial charge in [-0.25, -0.2) is 12.7 Å². The molecule has 0 saturated carbocycles. The van der Waals surface area contributed by atoms with Crippen LogP contribution in [0.3, 0.4) is 0 Å². The Morgan fingerprint density at radius 2 is 2.00 bits per heavy atom. The van der Waals surface area contributed by atoms with Crippen molar-refractivity contribution in [2.45, 2.75) is 32.7 Å². The van der Waals surface area contributed by atoms with Crippen LogP contribution in [0.15, 0.2) is 0 Å². The second-order valence-corrected chi connectivity index (χ2v) is 8.35. The number of hydrogen-bond acceptors (Lipinski definition) is 6. The van der Waals surface area contributed by atoms with Crippen LogP contribution in [0.1, 0.15) is 36.8 Å². The summed E-state index contributed by atoms with van der Waals surface area (Å²) in [5.41, 5.74) is 1.07. The summed E-state index contributed by atoms with van der Waals surface area (Å²) < 4.78 is 28.8. The molecule has 0 radical (unpaired) electrons. The first-order valence-corrected chi connectivity index (χ1v) is 9.48. The smallest absolute Gasteiger partial charge is 0.211 e. The van der Waals surface area contributed by atoms with Gasteiger partial charge in [0.2, 0.25) is 10.0 Å². The topological polar surface area (TPSA) is 66.4 Å². The van der Waals surface area contributed by atoms with Gasteiger partial charge in [-0.15, -0.1) is 5.10 Å². The molecule has 0 amide bonds. The summed E-state index contributed by atoms with van der Waals surface area (Å²) in [5.74, 6) is 0.378. The maximum absolute atomic E-state index is 11.6. The van der Waals surface area contributed by atoms with Gasteiger partial charge in [-0.2, -0.15) is 0 Å². The highest BCUT2D eigenvalue weighted by Gasteiger charge is 2.22. The van der Waals surface area contributed by atoms with Crippen LogP contribution >= 0.6 is 11.5 Å². The summed E-state index contributed by atoms with van der Waals surface area (Å²) in [5, 5.41) is 4.19. The lowest BCUT2D eigenvalue weighted by Gasteiger charge is -2.20. The second-order valence-electron chi connectivity index (χ2n) is 5.53. The highest BCUT2D eigenvalue weighted by Crippen LogP contribution is 2.22. The standard InChI is InChI=1S/C12H22N4O2S2/c1-10(2)12-11(19-14-13-12)9-15-5-4-6-16(8-7-15)20(3,17)18/h10H,4-9H2,1-3H3. The third-order valence-electron chi connectivity index (χ3n) is 3.52. The van der Waals surface area contributed by atoms with Gasteiger partial charge < -0.3 is 0 Å². The average Bonchev–Trinajstić information content (AvgIpc) is 2.65. The Bertz CT molecular complexity index is 541. The Labute approximate surface area is 125 Å². The first-order valence-electron chi connectivity index (χ1n) is 6.86. The molecular formula is C12H22N4O2S2. The molecule has 0 atom stereocenters. The maximum atomic E-state index is 11.6. The van der Waals surface area contributed by atoms with Crippen LogP contribution in [-0.4, -0.2) is 59.6 Å². The molecule has 2 heterocycles. The molecule has 0 aromatic carbocycles. The van der Waals surface area contributed by atoms with Crippen molar-refractivity contribution in [3.8, 4) is 0 Å². The van der Waals surface area contributed by atoms with Gasteiger partial charge in [0.05, 0.1) is 16.8 Å². The number of nitrogens with zero attached hydrogens (tertiary/aromatic N) is 4. The first kappa shape index (κ1) is 15.8. The van der Waals surface area contributed by atoms with E-state index in [0.717, 1.165) is 31.7 Å². The molecule has 1 aromatic rings. The van der Waals surface area contributed by atoms with Crippen LogP contribution in [0.5, 0.6) is 0 Å². The first-order chi connectivity index (χ1) is 9.38. The lowest BCUT2D eigenvalue weighted by molar-refractivity contribution is 0.280.